The molecule has 3 N–H and O–H groups in total. The second-order valence-corrected chi connectivity index (χ2v) is 8.78. The molecule has 152 valence electrons. The molecule has 0 bridgehead atoms. The van der Waals surface area contributed by atoms with Crippen LogP contribution in [0.5, 0.6) is 0 Å². The minimum Gasteiger partial charge on any atom is -0.350 e. The first kappa shape index (κ1) is 22.1. The van der Waals surface area contributed by atoms with Gasteiger partial charge in [0.25, 0.3) is 5.91 Å². The smallest absolute Gasteiger partial charge is 0.251 e. The zero-order valence-corrected chi connectivity index (χ0v) is 17.9. The van der Waals surface area contributed by atoms with E-state index < -0.39 is 10.0 Å². The van der Waals surface area contributed by atoms with E-state index in [-0.39, 0.29) is 22.4 Å². The fraction of sp³-hybridized carbons (Fsp3) is 0.381. The Morgan fingerprint density at radius 1 is 1.14 bits per heavy atom. The lowest BCUT2D eigenvalue weighted by atomic mass is 10.0. The molecule has 0 saturated heterocycles. The van der Waals surface area contributed by atoms with E-state index in [9.17, 15) is 13.2 Å². The molecular formula is C21H29N3O3S. The molecule has 0 radical (unpaired) electrons. The number of amides is 1. The summed E-state index contributed by atoms with van der Waals surface area (Å²) in [7, 11) is 0.0214. The van der Waals surface area contributed by atoms with Crippen molar-refractivity contribution in [2.45, 2.75) is 38.1 Å². The van der Waals surface area contributed by atoms with Crippen LogP contribution in [0.15, 0.2) is 41.3 Å². The number of hydrogen-bond donors (Lipinski definition) is 2. The molecule has 2 aromatic carbocycles. The fourth-order valence-corrected chi connectivity index (χ4v) is 4.00. The normalized spacial score (nSPS) is 12.8. The van der Waals surface area contributed by atoms with E-state index in [1.54, 1.807) is 19.9 Å². The van der Waals surface area contributed by atoms with Gasteiger partial charge in [0.1, 0.15) is 0 Å². The third-order valence-corrected chi connectivity index (χ3v) is 6.08. The minimum atomic E-state index is -3.89. The molecule has 2 rings (SSSR count). The van der Waals surface area contributed by atoms with E-state index in [2.05, 4.69) is 36.5 Å². The maximum absolute atomic E-state index is 12.7. The molecule has 2 aromatic rings. The third kappa shape index (κ3) is 5.19. The molecule has 0 aliphatic heterocycles. The van der Waals surface area contributed by atoms with E-state index >= 15 is 0 Å². The van der Waals surface area contributed by atoms with Gasteiger partial charge in [0, 0.05) is 12.1 Å². The Labute approximate surface area is 167 Å². The molecule has 0 aliphatic rings. The van der Waals surface area contributed by atoms with Crippen LogP contribution in [0.3, 0.4) is 0 Å². The quantitative estimate of drug-likeness (QED) is 0.743. The first-order valence-corrected chi connectivity index (χ1v) is 10.8. The molecule has 1 atom stereocenters. The monoisotopic (exact) mass is 403 g/mol. The van der Waals surface area contributed by atoms with Crippen LogP contribution in [0.25, 0.3) is 0 Å². The van der Waals surface area contributed by atoms with E-state index in [0.29, 0.717) is 17.7 Å². The Balaban J connectivity index is 2.22. The van der Waals surface area contributed by atoms with Crippen LogP contribution in [0, 0.1) is 13.8 Å². The number of sulfonamides is 1. The highest BCUT2D eigenvalue weighted by atomic mass is 32.2. The van der Waals surface area contributed by atoms with Gasteiger partial charge in [-0.3, -0.25) is 4.79 Å². The van der Waals surface area contributed by atoms with Gasteiger partial charge in [-0.05, 0) is 68.8 Å². The number of benzene rings is 2. The number of aryl methyl sites for hydroxylation is 2. The summed E-state index contributed by atoms with van der Waals surface area (Å²) in [5.41, 5.74) is 3.91. The fourth-order valence-electron chi connectivity index (χ4n) is 3.12. The topological polar surface area (TPSA) is 92.5 Å². The lowest BCUT2D eigenvalue weighted by Crippen LogP contribution is -2.34. The van der Waals surface area contributed by atoms with Crippen molar-refractivity contribution in [3.05, 3.63) is 64.2 Å². The molecule has 0 fully saturated rings. The SMILES string of the molecule is CCc1ccc(C(CNC(=O)c2cc(C)c(C)c(S(N)(=O)=O)c2)N(C)C)cc1. The van der Waals surface area contributed by atoms with Gasteiger partial charge in [0.05, 0.1) is 10.9 Å². The van der Waals surface area contributed by atoms with Gasteiger partial charge in [0.2, 0.25) is 10.0 Å². The Hall–Kier alpha value is -2.22. The van der Waals surface area contributed by atoms with Crippen LogP contribution in [0.4, 0.5) is 0 Å². The van der Waals surface area contributed by atoms with E-state index in [0.717, 1.165) is 12.0 Å². The van der Waals surface area contributed by atoms with Crippen molar-refractivity contribution in [2.24, 2.45) is 5.14 Å². The van der Waals surface area contributed by atoms with Crippen LogP contribution in [0.1, 0.15) is 45.6 Å². The number of likely N-dealkylation sites (N-methyl/N-ethyl adjacent to an activating group) is 1. The predicted molar refractivity (Wildman–Crippen MR) is 112 cm³/mol. The number of primary sulfonamides is 1. The summed E-state index contributed by atoms with van der Waals surface area (Å²) in [5.74, 6) is -0.329. The molecule has 6 nitrogen and oxygen atoms in total. The number of nitrogens with zero attached hydrogens (tertiary/aromatic N) is 1. The van der Waals surface area contributed by atoms with Gasteiger partial charge in [-0.1, -0.05) is 31.2 Å². The van der Waals surface area contributed by atoms with E-state index in [1.807, 2.05) is 19.0 Å². The van der Waals surface area contributed by atoms with Crippen molar-refractivity contribution in [2.75, 3.05) is 20.6 Å². The molecule has 0 heterocycles. The van der Waals surface area contributed by atoms with Crippen LogP contribution < -0.4 is 10.5 Å². The van der Waals surface area contributed by atoms with Crippen LogP contribution in [-0.4, -0.2) is 39.9 Å². The Morgan fingerprint density at radius 2 is 1.75 bits per heavy atom. The minimum absolute atomic E-state index is 0.000821. The van der Waals surface area contributed by atoms with Crippen molar-refractivity contribution in [1.82, 2.24) is 10.2 Å². The lowest BCUT2D eigenvalue weighted by molar-refractivity contribution is 0.0941. The Bertz CT molecular complexity index is 952. The van der Waals surface area contributed by atoms with Gasteiger partial charge < -0.3 is 10.2 Å². The number of nitrogens with two attached hydrogens (primary N) is 1. The van der Waals surface area contributed by atoms with Crippen LogP contribution >= 0.6 is 0 Å². The summed E-state index contributed by atoms with van der Waals surface area (Å²) in [6.07, 6.45) is 0.975. The van der Waals surface area contributed by atoms with Gasteiger partial charge in [-0.2, -0.15) is 0 Å². The zero-order valence-electron chi connectivity index (χ0n) is 17.1. The van der Waals surface area contributed by atoms with Crippen molar-refractivity contribution in [3.63, 3.8) is 0 Å². The summed E-state index contributed by atoms with van der Waals surface area (Å²) >= 11 is 0. The summed E-state index contributed by atoms with van der Waals surface area (Å²) < 4.78 is 23.6. The molecule has 0 aromatic heterocycles. The van der Waals surface area contributed by atoms with Crippen molar-refractivity contribution < 1.29 is 13.2 Å². The first-order chi connectivity index (χ1) is 13.0. The summed E-state index contributed by atoms with van der Waals surface area (Å²) in [6, 6.07) is 11.4. The average molecular weight is 404 g/mol. The van der Waals surface area contributed by atoms with E-state index in [1.165, 1.54) is 11.6 Å². The number of rotatable bonds is 7. The number of carbonyl (C=O) groups is 1. The van der Waals surface area contributed by atoms with E-state index in [4.69, 9.17) is 5.14 Å². The van der Waals surface area contributed by atoms with Gasteiger partial charge in [0.15, 0.2) is 0 Å². The van der Waals surface area contributed by atoms with Crippen LogP contribution in [0.2, 0.25) is 0 Å². The molecule has 1 unspecified atom stereocenters. The number of hydrogen-bond acceptors (Lipinski definition) is 4. The van der Waals surface area contributed by atoms with Crippen molar-refractivity contribution >= 4 is 15.9 Å². The third-order valence-electron chi connectivity index (χ3n) is 5.04. The molecular weight excluding hydrogens is 374 g/mol. The molecule has 28 heavy (non-hydrogen) atoms. The van der Waals surface area contributed by atoms with Crippen LogP contribution in [-0.2, 0) is 16.4 Å². The number of carbonyl (C=O) groups excluding carboxylic acids is 1. The number of nitrogens with one attached hydrogen (secondary N) is 1. The largest absolute Gasteiger partial charge is 0.350 e. The lowest BCUT2D eigenvalue weighted by Gasteiger charge is -2.25. The second kappa shape index (κ2) is 8.86. The first-order valence-electron chi connectivity index (χ1n) is 9.22. The zero-order chi connectivity index (χ0) is 21.1. The highest BCUT2D eigenvalue weighted by molar-refractivity contribution is 7.89. The van der Waals surface area contributed by atoms with Crippen molar-refractivity contribution in [3.8, 4) is 0 Å². The highest BCUT2D eigenvalue weighted by Gasteiger charge is 2.19. The van der Waals surface area contributed by atoms with Crippen molar-refractivity contribution in [1.29, 1.82) is 0 Å². The molecule has 0 aliphatic carbocycles. The highest BCUT2D eigenvalue weighted by Crippen LogP contribution is 2.21. The second-order valence-electron chi connectivity index (χ2n) is 7.25. The standard InChI is InChI=1S/C21H29N3O3S/c1-6-16-7-9-17(10-8-16)19(24(4)5)13-23-21(25)18-11-14(2)15(3)20(12-18)28(22,26)27/h7-12,19H,6,13H2,1-5H3,(H,23,25)(H2,22,26,27). The molecule has 0 spiro atoms. The molecule has 7 heteroatoms. The summed E-state index contributed by atoms with van der Waals surface area (Å²) in [5, 5.41) is 8.21. The summed E-state index contributed by atoms with van der Waals surface area (Å²) in [4.78, 5) is 14.7. The maximum Gasteiger partial charge on any atom is 0.251 e. The maximum atomic E-state index is 12.7. The predicted octanol–water partition coefficient (Wildman–Crippen LogP) is 2.55. The van der Waals surface area contributed by atoms with Gasteiger partial charge in [-0.15, -0.1) is 0 Å². The Kier molecular flexibility index (Phi) is 6.98. The van der Waals surface area contributed by atoms with Gasteiger partial charge >= 0.3 is 0 Å². The molecule has 1 amide bonds. The Morgan fingerprint density at radius 3 is 2.25 bits per heavy atom. The average Bonchev–Trinajstić information content (AvgIpc) is 2.63. The van der Waals surface area contributed by atoms with Gasteiger partial charge in [-0.25, -0.2) is 13.6 Å². The summed E-state index contributed by atoms with van der Waals surface area (Å²) in [6.45, 7) is 5.95. The molecule has 0 saturated carbocycles.